The van der Waals surface area contributed by atoms with Gasteiger partial charge in [-0.3, -0.25) is 4.79 Å². The summed E-state index contributed by atoms with van der Waals surface area (Å²) < 4.78 is 0. The van der Waals surface area contributed by atoms with Crippen LogP contribution in [0, 0.1) is 5.92 Å². The summed E-state index contributed by atoms with van der Waals surface area (Å²) in [4.78, 5) is 14.0. The first-order valence-electron chi connectivity index (χ1n) is 7.59. The monoisotopic (exact) mass is 332 g/mol. The van der Waals surface area contributed by atoms with Crippen LogP contribution in [0.15, 0.2) is 24.3 Å². The number of benzene rings is 1. The van der Waals surface area contributed by atoms with Gasteiger partial charge in [-0.05, 0) is 48.4 Å². The molecule has 0 fully saturated rings. The number of anilines is 1. The quantitative estimate of drug-likeness (QED) is 0.813. The number of hydrogen-bond donors (Lipinski definition) is 2. The Balaban J connectivity index is 1.69. The predicted molar refractivity (Wildman–Crippen MR) is 90.8 cm³/mol. The minimum absolute atomic E-state index is 0.0424. The Bertz CT molecular complexity index is 738. The third-order valence-corrected chi connectivity index (χ3v) is 5.93. The van der Waals surface area contributed by atoms with E-state index in [4.69, 9.17) is 11.6 Å². The maximum Gasteiger partial charge on any atom is 0.256 e. The highest BCUT2D eigenvalue weighted by molar-refractivity contribution is 7.16. The average molecular weight is 333 g/mol. The fourth-order valence-electron chi connectivity index (χ4n) is 3.28. The zero-order valence-electron chi connectivity index (χ0n) is 12.3. The van der Waals surface area contributed by atoms with E-state index in [0.29, 0.717) is 10.9 Å². The summed E-state index contributed by atoms with van der Waals surface area (Å²) in [5, 5.41) is 8.27. The molecule has 1 aromatic carbocycles. The van der Waals surface area contributed by atoms with Crippen molar-refractivity contribution in [3.63, 3.8) is 0 Å². The van der Waals surface area contributed by atoms with E-state index in [2.05, 4.69) is 17.6 Å². The molecule has 2 heterocycles. The Morgan fingerprint density at radius 2 is 2.00 bits per heavy atom. The third kappa shape index (κ3) is 2.31. The van der Waals surface area contributed by atoms with Crippen molar-refractivity contribution in [3.05, 3.63) is 50.9 Å². The van der Waals surface area contributed by atoms with Crippen LogP contribution in [0.2, 0.25) is 5.02 Å². The molecular formula is C17H17ClN2OS. The normalized spacial score (nSPS) is 23.3. The topological polar surface area (TPSA) is 41.1 Å². The fourth-order valence-corrected chi connectivity index (χ4v) is 4.85. The lowest BCUT2D eigenvalue weighted by molar-refractivity contribution is 0.0935. The first-order valence-corrected chi connectivity index (χ1v) is 8.78. The Kier molecular flexibility index (Phi) is 3.39. The Hall–Kier alpha value is -1.52. The largest absolute Gasteiger partial charge is 0.353 e. The van der Waals surface area contributed by atoms with Gasteiger partial charge in [0.1, 0.15) is 11.2 Å². The standard InChI is InChI=1S/C17H17ClN2OS/c1-9-2-7-12-13(8-9)22-17-14(12)16(21)19-15(20-17)10-3-5-11(18)6-4-10/h3-6,9,15,20H,2,7-8H2,1H3,(H,19,21)/t9-,15-/m1/s1. The van der Waals surface area contributed by atoms with Gasteiger partial charge in [-0.25, -0.2) is 0 Å². The predicted octanol–water partition coefficient (Wildman–Crippen LogP) is 4.38. The summed E-state index contributed by atoms with van der Waals surface area (Å²) in [6.45, 7) is 2.28. The van der Waals surface area contributed by atoms with E-state index >= 15 is 0 Å². The molecule has 114 valence electrons. The molecule has 1 aromatic heterocycles. The van der Waals surface area contributed by atoms with Gasteiger partial charge in [-0.15, -0.1) is 11.3 Å². The maximum atomic E-state index is 12.6. The number of thiophene rings is 1. The van der Waals surface area contributed by atoms with Crippen LogP contribution in [0.25, 0.3) is 0 Å². The molecule has 2 aliphatic rings. The molecule has 1 aliphatic carbocycles. The molecule has 0 spiro atoms. The fraction of sp³-hybridized carbons (Fsp3) is 0.353. The number of nitrogens with one attached hydrogen (secondary N) is 2. The van der Waals surface area contributed by atoms with E-state index < -0.39 is 0 Å². The van der Waals surface area contributed by atoms with Crippen molar-refractivity contribution in [2.24, 2.45) is 5.92 Å². The zero-order chi connectivity index (χ0) is 15.3. The molecule has 2 atom stereocenters. The van der Waals surface area contributed by atoms with Crippen molar-refractivity contribution in [2.75, 3.05) is 5.32 Å². The van der Waals surface area contributed by atoms with Crippen LogP contribution in [-0.2, 0) is 12.8 Å². The number of carbonyl (C=O) groups is 1. The van der Waals surface area contributed by atoms with Crippen molar-refractivity contribution in [2.45, 2.75) is 32.4 Å². The lowest BCUT2D eigenvalue weighted by atomic mass is 9.88. The molecule has 0 bridgehead atoms. The summed E-state index contributed by atoms with van der Waals surface area (Å²) in [5.41, 5.74) is 3.15. The van der Waals surface area contributed by atoms with Crippen LogP contribution in [0.4, 0.5) is 5.00 Å². The minimum Gasteiger partial charge on any atom is -0.353 e. The van der Waals surface area contributed by atoms with E-state index in [1.165, 1.54) is 16.9 Å². The van der Waals surface area contributed by atoms with Gasteiger partial charge in [0.15, 0.2) is 0 Å². The second kappa shape index (κ2) is 5.28. The van der Waals surface area contributed by atoms with Gasteiger partial charge in [0.05, 0.1) is 5.56 Å². The Morgan fingerprint density at radius 3 is 2.77 bits per heavy atom. The van der Waals surface area contributed by atoms with E-state index in [1.807, 2.05) is 24.3 Å². The van der Waals surface area contributed by atoms with Crippen LogP contribution in [0.1, 0.15) is 45.9 Å². The highest BCUT2D eigenvalue weighted by Crippen LogP contribution is 2.42. The molecule has 0 saturated carbocycles. The molecule has 0 unspecified atom stereocenters. The SMILES string of the molecule is C[C@@H]1CCc2c(sc3c2C(=O)N[C@@H](c2ccc(Cl)cc2)N3)C1. The Morgan fingerprint density at radius 1 is 1.23 bits per heavy atom. The van der Waals surface area contributed by atoms with E-state index in [-0.39, 0.29) is 12.1 Å². The van der Waals surface area contributed by atoms with Gasteiger partial charge >= 0.3 is 0 Å². The molecule has 0 saturated heterocycles. The Labute approximate surface area is 138 Å². The van der Waals surface area contributed by atoms with Crippen molar-refractivity contribution < 1.29 is 4.79 Å². The van der Waals surface area contributed by atoms with E-state index in [9.17, 15) is 4.79 Å². The summed E-state index contributed by atoms with van der Waals surface area (Å²) >= 11 is 7.69. The number of carbonyl (C=O) groups excluding carboxylic acids is 1. The van der Waals surface area contributed by atoms with Crippen molar-refractivity contribution >= 4 is 33.8 Å². The maximum absolute atomic E-state index is 12.6. The second-order valence-electron chi connectivity index (χ2n) is 6.16. The van der Waals surface area contributed by atoms with Crippen LogP contribution in [-0.4, -0.2) is 5.91 Å². The van der Waals surface area contributed by atoms with E-state index in [0.717, 1.165) is 29.0 Å². The number of amides is 1. The second-order valence-corrected chi connectivity index (χ2v) is 7.70. The molecule has 22 heavy (non-hydrogen) atoms. The van der Waals surface area contributed by atoms with Gasteiger partial charge in [0.2, 0.25) is 0 Å². The van der Waals surface area contributed by atoms with Crippen molar-refractivity contribution in [1.82, 2.24) is 5.32 Å². The summed E-state index contributed by atoms with van der Waals surface area (Å²) in [5.74, 6) is 0.753. The summed E-state index contributed by atoms with van der Waals surface area (Å²) in [6, 6.07) is 7.59. The van der Waals surface area contributed by atoms with Gasteiger partial charge in [0, 0.05) is 9.90 Å². The summed E-state index contributed by atoms with van der Waals surface area (Å²) in [6.07, 6.45) is 3.09. The smallest absolute Gasteiger partial charge is 0.256 e. The number of rotatable bonds is 1. The van der Waals surface area contributed by atoms with Gasteiger partial charge in [-0.1, -0.05) is 30.7 Å². The number of halogens is 1. The van der Waals surface area contributed by atoms with Crippen LogP contribution in [0.5, 0.6) is 0 Å². The van der Waals surface area contributed by atoms with Gasteiger partial charge in [-0.2, -0.15) is 0 Å². The molecule has 3 nitrogen and oxygen atoms in total. The lowest BCUT2D eigenvalue weighted by Crippen LogP contribution is -2.38. The first-order chi connectivity index (χ1) is 10.6. The molecule has 1 amide bonds. The molecule has 2 aromatic rings. The summed E-state index contributed by atoms with van der Waals surface area (Å²) in [7, 11) is 0. The van der Waals surface area contributed by atoms with Crippen LogP contribution in [0.3, 0.4) is 0 Å². The molecular weight excluding hydrogens is 316 g/mol. The number of hydrogen-bond acceptors (Lipinski definition) is 3. The van der Waals surface area contributed by atoms with E-state index in [1.54, 1.807) is 11.3 Å². The minimum atomic E-state index is -0.185. The van der Waals surface area contributed by atoms with Crippen LogP contribution < -0.4 is 10.6 Å². The molecule has 5 heteroatoms. The highest BCUT2D eigenvalue weighted by Gasteiger charge is 2.32. The zero-order valence-corrected chi connectivity index (χ0v) is 13.9. The van der Waals surface area contributed by atoms with Crippen molar-refractivity contribution in [1.29, 1.82) is 0 Å². The molecule has 1 aliphatic heterocycles. The van der Waals surface area contributed by atoms with Gasteiger partial charge in [0.25, 0.3) is 5.91 Å². The van der Waals surface area contributed by atoms with Gasteiger partial charge < -0.3 is 10.6 Å². The molecule has 2 N–H and O–H groups in total. The first kappa shape index (κ1) is 14.1. The number of fused-ring (bicyclic) bond motifs is 3. The third-order valence-electron chi connectivity index (χ3n) is 4.49. The highest BCUT2D eigenvalue weighted by atomic mass is 35.5. The average Bonchev–Trinajstić information content (AvgIpc) is 2.85. The lowest BCUT2D eigenvalue weighted by Gasteiger charge is -2.27. The van der Waals surface area contributed by atoms with Crippen molar-refractivity contribution in [3.8, 4) is 0 Å². The molecule has 0 radical (unpaired) electrons. The van der Waals surface area contributed by atoms with Crippen LogP contribution >= 0.6 is 22.9 Å². The molecule has 4 rings (SSSR count).